The highest BCUT2D eigenvalue weighted by molar-refractivity contribution is 8.00. The van der Waals surface area contributed by atoms with Crippen LogP contribution in [0.3, 0.4) is 0 Å². The van der Waals surface area contributed by atoms with Gasteiger partial charge in [0.05, 0.1) is 0 Å². The molecule has 4 heteroatoms. The molecular weight excluding hydrogens is 282 g/mol. The lowest BCUT2D eigenvalue weighted by molar-refractivity contribution is 0.0949. The Morgan fingerprint density at radius 3 is 2.57 bits per heavy atom. The quantitative estimate of drug-likeness (QED) is 0.840. The van der Waals surface area contributed by atoms with Crippen LogP contribution >= 0.6 is 11.8 Å². The van der Waals surface area contributed by atoms with E-state index < -0.39 is 0 Å². The van der Waals surface area contributed by atoms with Crippen molar-refractivity contribution in [3.8, 4) is 11.8 Å². The summed E-state index contributed by atoms with van der Waals surface area (Å²) in [6, 6.07) is 7.16. The number of thioether (sulfide) groups is 1. The van der Waals surface area contributed by atoms with Gasteiger partial charge < -0.3 is 10.4 Å². The van der Waals surface area contributed by atoms with E-state index in [1.165, 1.54) is 25.7 Å². The van der Waals surface area contributed by atoms with Gasteiger partial charge in [0.15, 0.2) is 0 Å². The lowest BCUT2D eigenvalue weighted by Crippen LogP contribution is -2.38. The van der Waals surface area contributed by atoms with Crippen LogP contribution in [0.4, 0.5) is 0 Å². The Morgan fingerprint density at radius 2 is 2.00 bits per heavy atom. The number of hydrogen-bond acceptors (Lipinski definition) is 3. The summed E-state index contributed by atoms with van der Waals surface area (Å²) in [5.41, 5.74) is 1.45. The minimum atomic E-state index is -0.154. The number of rotatable bonds is 4. The van der Waals surface area contributed by atoms with Crippen molar-refractivity contribution in [1.29, 1.82) is 0 Å². The van der Waals surface area contributed by atoms with Gasteiger partial charge in [0, 0.05) is 22.4 Å². The average molecular weight is 303 g/mol. The highest BCUT2D eigenvalue weighted by Gasteiger charge is 2.33. The number of aliphatic hydroxyl groups is 1. The standard InChI is InChI=1S/C17H21NO2S/c1-21-17(10-2-3-11-17)13-18-16(20)15-8-6-14(7-9-15)5-4-12-19/h6-9,19H,2-3,10-13H2,1H3,(H,18,20). The maximum Gasteiger partial charge on any atom is 0.251 e. The van der Waals surface area contributed by atoms with E-state index in [1.807, 2.05) is 11.8 Å². The maximum atomic E-state index is 12.2. The molecule has 2 rings (SSSR count). The second kappa shape index (κ2) is 7.53. The van der Waals surface area contributed by atoms with E-state index in [4.69, 9.17) is 5.11 Å². The molecule has 1 amide bonds. The van der Waals surface area contributed by atoms with E-state index in [0.717, 1.165) is 12.1 Å². The summed E-state index contributed by atoms with van der Waals surface area (Å²) in [4.78, 5) is 12.2. The van der Waals surface area contributed by atoms with Gasteiger partial charge in [-0.2, -0.15) is 11.8 Å². The number of amides is 1. The van der Waals surface area contributed by atoms with Crippen molar-refractivity contribution in [2.45, 2.75) is 30.4 Å². The minimum absolute atomic E-state index is 0.0306. The van der Waals surface area contributed by atoms with Gasteiger partial charge in [0.1, 0.15) is 6.61 Å². The van der Waals surface area contributed by atoms with Gasteiger partial charge in [-0.3, -0.25) is 4.79 Å². The van der Waals surface area contributed by atoms with Crippen LogP contribution in [0, 0.1) is 11.8 Å². The molecule has 0 aliphatic heterocycles. The summed E-state index contributed by atoms with van der Waals surface area (Å²) < 4.78 is 0.224. The zero-order chi connectivity index (χ0) is 15.1. The van der Waals surface area contributed by atoms with Crippen molar-refractivity contribution in [2.75, 3.05) is 19.4 Å². The third-order valence-electron chi connectivity index (χ3n) is 3.98. The fraction of sp³-hybridized carbons (Fsp3) is 0.471. The van der Waals surface area contributed by atoms with Crippen LogP contribution in [0.25, 0.3) is 0 Å². The lowest BCUT2D eigenvalue weighted by Gasteiger charge is -2.26. The first-order valence-electron chi connectivity index (χ1n) is 7.22. The molecule has 0 bridgehead atoms. The molecule has 1 aliphatic rings. The molecule has 0 heterocycles. The minimum Gasteiger partial charge on any atom is -0.384 e. The van der Waals surface area contributed by atoms with Gasteiger partial charge in [-0.05, 0) is 43.4 Å². The van der Waals surface area contributed by atoms with Crippen molar-refractivity contribution in [1.82, 2.24) is 5.32 Å². The molecule has 0 radical (unpaired) electrons. The summed E-state index contributed by atoms with van der Waals surface area (Å²) in [5.74, 6) is 5.38. The van der Waals surface area contributed by atoms with E-state index in [1.54, 1.807) is 24.3 Å². The third-order valence-corrected chi connectivity index (χ3v) is 5.40. The average Bonchev–Trinajstić information content (AvgIpc) is 3.00. The molecule has 1 fully saturated rings. The monoisotopic (exact) mass is 303 g/mol. The Balaban J connectivity index is 1.94. The topological polar surface area (TPSA) is 49.3 Å². The molecular formula is C17H21NO2S. The molecule has 1 saturated carbocycles. The van der Waals surface area contributed by atoms with Crippen LogP contribution in [-0.4, -0.2) is 35.2 Å². The molecule has 21 heavy (non-hydrogen) atoms. The van der Waals surface area contributed by atoms with Crippen LogP contribution in [0.5, 0.6) is 0 Å². The van der Waals surface area contributed by atoms with Gasteiger partial charge >= 0.3 is 0 Å². The van der Waals surface area contributed by atoms with Crippen molar-refractivity contribution in [3.63, 3.8) is 0 Å². The Labute approximate surface area is 130 Å². The number of carbonyl (C=O) groups is 1. The van der Waals surface area contributed by atoms with Gasteiger partial charge in [0.2, 0.25) is 0 Å². The highest BCUT2D eigenvalue weighted by atomic mass is 32.2. The van der Waals surface area contributed by atoms with Crippen LogP contribution in [0.2, 0.25) is 0 Å². The Kier molecular flexibility index (Phi) is 5.72. The molecule has 0 unspecified atom stereocenters. The predicted octanol–water partition coefficient (Wildman–Crippen LogP) is 2.44. The second-order valence-corrected chi connectivity index (χ2v) is 6.59. The third kappa shape index (κ3) is 4.26. The van der Waals surface area contributed by atoms with Gasteiger partial charge in [-0.1, -0.05) is 24.7 Å². The van der Waals surface area contributed by atoms with E-state index in [0.29, 0.717) is 5.56 Å². The predicted molar refractivity (Wildman–Crippen MR) is 87.5 cm³/mol. The summed E-state index contributed by atoms with van der Waals surface area (Å²) in [6.45, 7) is 0.581. The SMILES string of the molecule is CSC1(CNC(=O)c2ccc(C#CCO)cc2)CCCC1. The van der Waals surface area contributed by atoms with E-state index >= 15 is 0 Å². The normalized spacial score (nSPS) is 16.1. The number of benzene rings is 1. The van der Waals surface area contributed by atoms with Crippen molar-refractivity contribution in [3.05, 3.63) is 35.4 Å². The molecule has 1 aromatic rings. The van der Waals surface area contributed by atoms with E-state index in [2.05, 4.69) is 23.4 Å². The first kappa shape index (κ1) is 15.9. The van der Waals surface area contributed by atoms with Gasteiger partial charge in [-0.15, -0.1) is 0 Å². The van der Waals surface area contributed by atoms with E-state index in [9.17, 15) is 4.79 Å². The van der Waals surface area contributed by atoms with Gasteiger partial charge in [-0.25, -0.2) is 0 Å². The zero-order valence-electron chi connectivity index (χ0n) is 12.3. The molecule has 0 saturated heterocycles. The van der Waals surface area contributed by atoms with Crippen molar-refractivity contribution >= 4 is 17.7 Å². The Morgan fingerprint density at radius 1 is 1.33 bits per heavy atom. The number of nitrogens with one attached hydrogen (secondary N) is 1. The smallest absolute Gasteiger partial charge is 0.251 e. The van der Waals surface area contributed by atoms with Crippen molar-refractivity contribution < 1.29 is 9.90 Å². The fourth-order valence-corrected chi connectivity index (χ4v) is 3.58. The number of carbonyl (C=O) groups excluding carboxylic acids is 1. The first-order valence-corrected chi connectivity index (χ1v) is 8.45. The van der Waals surface area contributed by atoms with Crippen LogP contribution in [0.1, 0.15) is 41.6 Å². The van der Waals surface area contributed by atoms with Crippen LogP contribution in [0.15, 0.2) is 24.3 Å². The number of aliphatic hydroxyl groups excluding tert-OH is 1. The van der Waals surface area contributed by atoms with E-state index in [-0.39, 0.29) is 17.3 Å². The lowest BCUT2D eigenvalue weighted by atomic mass is 10.1. The summed E-state index contributed by atoms with van der Waals surface area (Å²) in [5, 5.41) is 11.7. The largest absolute Gasteiger partial charge is 0.384 e. The highest BCUT2D eigenvalue weighted by Crippen LogP contribution is 2.39. The van der Waals surface area contributed by atoms with Crippen LogP contribution in [-0.2, 0) is 0 Å². The van der Waals surface area contributed by atoms with Crippen molar-refractivity contribution in [2.24, 2.45) is 0 Å². The second-order valence-electron chi connectivity index (χ2n) is 5.31. The molecule has 2 N–H and O–H groups in total. The number of hydrogen-bond donors (Lipinski definition) is 2. The first-order chi connectivity index (χ1) is 10.2. The maximum absolute atomic E-state index is 12.2. The fourth-order valence-electron chi connectivity index (χ4n) is 2.66. The summed E-state index contributed by atoms with van der Waals surface area (Å²) in [6.07, 6.45) is 7.02. The molecule has 0 spiro atoms. The van der Waals surface area contributed by atoms with Gasteiger partial charge in [0.25, 0.3) is 5.91 Å². The molecule has 0 atom stereocenters. The zero-order valence-corrected chi connectivity index (χ0v) is 13.1. The molecule has 1 aliphatic carbocycles. The Hall–Kier alpha value is -1.44. The summed E-state index contributed by atoms with van der Waals surface area (Å²) in [7, 11) is 0. The Bertz CT molecular complexity index is 536. The molecule has 0 aromatic heterocycles. The van der Waals surface area contributed by atoms with Crippen LogP contribution < -0.4 is 5.32 Å². The molecule has 1 aromatic carbocycles. The molecule has 112 valence electrons. The molecule has 3 nitrogen and oxygen atoms in total. The summed E-state index contributed by atoms with van der Waals surface area (Å²) >= 11 is 1.87.